The zero-order valence-corrected chi connectivity index (χ0v) is 23.1. The summed E-state index contributed by atoms with van der Waals surface area (Å²) >= 11 is 12.5. The van der Waals surface area contributed by atoms with Crippen LogP contribution in [0.4, 0.5) is 5.95 Å². The van der Waals surface area contributed by atoms with Gasteiger partial charge >= 0.3 is 0 Å². The Morgan fingerprint density at radius 1 is 1.13 bits per heavy atom. The molecule has 0 amide bonds. The Bertz CT molecular complexity index is 1590. The number of ether oxygens (including phenoxy) is 2. The molecule has 1 fully saturated rings. The van der Waals surface area contributed by atoms with Crippen molar-refractivity contribution in [3.05, 3.63) is 52.5 Å². The fourth-order valence-electron chi connectivity index (χ4n) is 4.73. The highest BCUT2D eigenvalue weighted by molar-refractivity contribution is 7.90. The molecular weight excluding hydrogens is 553 g/mol. The molecular formula is C24H25Cl2N7O4S. The van der Waals surface area contributed by atoms with Crippen LogP contribution in [0, 0.1) is 5.41 Å². The molecule has 1 atom stereocenters. The number of pyridine rings is 1. The van der Waals surface area contributed by atoms with Crippen molar-refractivity contribution in [3.8, 4) is 22.8 Å². The van der Waals surface area contributed by atoms with Crippen molar-refractivity contribution < 1.29 is 17.9 Å². The Morgan fingerprint density at radius 2 is 1.79 bits per heavy atom. The normalized spacial score (nSPS) is 15.8. The number of H-pyrrole nitrogens is 1. The number of hydrogen-bond donors (Lipinski definition) is 2. The molecule has 11 nitrogen and oxygen atoms in total. The van der Waals surface area contributed by atoms with Crippen LogP contribution in [0.1, 0.15) is 18.7 Å². The standard InChI is InChI=1S/C24H25Cl2N7O4S/c1-24(12-38(3,34)35)10-33(11-24)23-29-6-13(7-30-23)21-14-4-19(18(36-2)5-17(14)31-32-21)37-22(27)20-15(25)8-28-9-16(20)26/h4-9,22H,10-12,27H2,1-3H3,(H,31,32)/t22-/m0/s1. The summed E-state index contributed by atoms with van der Waals surface area (Å²) in [6, 6.07) is 3.51. The summed E-state index contributed by atoms with van der Waals surface area (Å²) in [5.74, 6) is 1.46. The van der Waals surface area contributed by atoms with Gasteiger partial charge in [0.15, 0.2) is 17.7 Å². The average Bonchev–Trinajstić information content (AvgIpc) is 3.23. The molecule has 0 aliphatic carbocycles. The molecule has 4 heterocycles. The van der Waals surface area contributed by atoms with E-state index in [1.165, 1.54) is 25.8 Å². The molecule has 1 saturated heterocycles. The Kier molecular flexibility index (Phi) is 6.84. The third-order valence-electron chi connectivity index (χ3n) is 6.23. The molecule has 14 heteroatoms. The van der Waals surface area contributed by atoms with E-state index in [1.54, 1.807) is 24.5 Å². The number of hydrogen-bond acceptors (Lipinski definition) is 10. The van der Waals surface area contributed by atoms with Crippen LogP contribution in [0.15, 0.2) is 36.9 Å². The lowest BCUT2D eigenvalue weighted by molar-refractivity contribution is 0.204. The maximum Gasteiger partial charge on any atom is 0.225 e. The minimum atomic E-state index is -3.06. The van der Waals surface area contributed by atoms with E-state index in [-0.39, 0.29) is 21.2 Å². The zero-order valence-electron chi connectivity index (χ0n) is 20.8. The second kappa shape index (κ2) is 9.84. The summed E-state index contributed by atoms with van der Waals surface area (Å²) in [5, 5.41) is 8.74. The van der Waals surface area contributed by atoms with Crippen molar-refractivity contribution >= 4 is 49.9 Å². The van der Waals surface area contributed by atoms with Gasteiger partial charge in [-0.15, -0.1) is 0 Å². The van der Waals surface area contributed by atoms with Gasteiger partial charge < -0.3 is 14.4 Å². The topological polar surface area (TPSA) is 149 Å². The summed E-state index contributed by atoms with van der Waals surface area (Å²) in [4.78, 5) is 14.9. The third kappa shape index (κ3) is 5.21. The van der Waals surface area contributed by atoms with Crippen molar-refractivity contribution in [2.24, 2.45) is 11.1 Å². The Labute approximate surface area is 229 Å². The number of sulfone groups is 1. The zero-order chi connectivity index (χ0) is 27.2. The van der Waals surface area contributed by atoms with E-state index in [1.807, 2.05) is 11.8 Å². The molecule has 0 radical (unpaired) electrons. The second-order valence-electron chi connectivity index (χ2n) is 9.68. The van der Waals surface area contributed by atoms with E-state index in [0.717, 1.165) is 5.39 Å². The van der Waals surface area contributed by atoms with Crippen molar-refractivity contribution in [3.63, 3.8) is 0 Å². The van der Waals surface area contributed by atoms with Crippen LogP contribution in [0.3, 0.4) is 0 Å². The van der Waals surface area contributed by atoms with Gasteiger partial charge in [0, 0.05) is 72.1 Å². The molecule has 200 valence electrons. The predicted octanol–water partition coefficient (Wildman–Crippen LogP) is 3.64. The number of anilines is 1. The molecule has 1 aromatic carbocycles. The number of halogens is 2. The number of fused-ring (bicyclic) bond motifs is 1. The fourth-order valence-corrected chi connectivity index (χ4v) is 6.76. The summed E-state index contributed by atoms with van der Waals surface area (Å²) in [7, 11) is -1.54. The Balaban J connectivity index is 1.40. The molecule has 0 spiro atoms. The first-order valence-corrected chi connectivity index (χ1v) is 14.3. The summed E-state index contributed by atoms with van der Waals surface area (Å²) in [5.41, 5.74) is 8.37. The van der Waals surface area contributed by atoms with Crippen LogP contribution in [0.2, 0.25) is 10.0 Å². The fraction of sp³-hybridized carbons (Fsp3) is 0.333. The predicted molar refractivity (Wildman–Crippen MR) is 146 cm³/mol. The first-order valence-electron chi connectivity index (χ1n) is 11.5. The van der Waals surface area contributed by atoms with Crippen molar-refractivity contribution in [1.29, 1.82) is 0 Å². The lowest BCUT2D eigenvalue weighted by Gasteiger charge is -2.47. The SMILES string of the molecule is COc1cc2[nH]nc(-c3cnc(N4CC(C)(CS(C)(=O)=O)C4)nc3)c2cc1O[C@H](N)c1c(Cl)cncc1Cl. The van der Waals surface area contributed by atoms with Gasteiger partial charge in [0.2, 0.25) is 5.95 Å². The average molecular weight is 578 g/mol. The lowest BCUT2D eigenvalue weighted by atomic mass is 9.84. The highest BCUT2D eigenvalue weighted by Crippen LogP contribution is 2.39. The molecule has 1 aliphatic rings. The minimum Gasteiger partial charge on any atom is -0.493 e. The number of rotatable bonds is 8. The lowest BCUT2D eigenvalue weighted by Crippen LogP contribution is -2.58. The highest BCUT2D eigenvalue weighted by atomic mass is 35.5. The van der Waals surface area contributed by atoms with E-state index >= 15 is 0 Å². The number of methoxy groups -OCH3 is 1. The molecule has 1 aliphatic heterocycles. The molecule has 5 rings (SSSR count). The first kappa shape index (κ1) is 26.4. The highest BCUT2D eigenvalue weighted by Gasteiger charge is 2.42. The van der Waals surface area contributed by atoms with E-state index in [9.17, 15) is 8.42 Å². The molecule has 4 aromatic rings. The van der Waals surface area contributed by atoms with Gasteiger partial charge in [-0.3, -0.25) is 15.8 Å². The van der Waals surface area contributed by atoms with Gasteiger partial charge in [0.05, 0.1) is 28.4 Å². The van der Waals surface area contributed by atoms with Crippen LogP contribution in [-0.4, -0.2) is 65.8 Å². The maximum absolute atomic E-state index is 11.7. The largest absolute Gasteiger partial charge is 0.493 e. The number of aromatic amines is 1. The molecule has 38 heavy (non-hydrogen) atoms. The number of benzene rings is 1. The summed E-state index contributed by atoms with van der Waals surface area (Å²) in [6.45, 7) is 3.08. The van der Waals surface area contributed by atoms with Crippen molar-refractivity contribution in [1.82, 2.24) is 25.1 Å². The number of nitrogens with zero attached hydrogens (tertiary/aromatic N) is 5. The Hall–Kier alpha value is -3.19. The van der Waals surface area contributed by atoms with Crippen LogP contribution >= 0.6 is 23.2 Å². The van der Waals surface area contributed by atoms with Gasteiger partial charge in [-0.25, -0.2) is 18.4 Å². The van der Waals surface area contributed by atoms with Crippen LogP contribution in [0.5, 0.6) is 11.5 Å². The van der Waals surface area contributed by atoms with Crippen molar-refractivity contribution in [2.75, 3.05) is 37.1 Å². The second-order valence-corrected chi connectivity index (χ2v) is 12.6. The molecule has 0 saturated carbocycles. The number of nitrogens with one attached hydrogen (secondary N) is 1. The van der Waals surface area contributed by atoms with E-state index in [2.05, 4.69) is 25.1 Å². The Morgan fingerprint density at radius 3 is 2.39 bits per heavy atom. The molecule has 0 bridgehead atoms. The van der Waals surface area contributed by atoms with Crippen molar-refractivity contribution in [2.45, 2.75) is 13.2 Å². The van der Waals surface area contributed by atoms with Crippen LogP contribution in [-0.2, 0) is 9.84 Å². The first-order chi connectivity index (χ1) is 18.0. The summed E-state index contributed by atoms with van der Waals surface area (Å²) < 4.78 is 34.9. The molecule has 3 aromatic heterocycles. The van der Waals surface area contributed by atoms with Gasteiger partial charge in [-0.2, -0.15) is 5.10 Å². The maximum atomic E-state index is 11.7. The van der Waals surface area contributed by atoms with Gasteiger partial charge in [-0.05, 0) is 6.07 Å². The minimum absolute atomic E-state index is 0.130. The van der Waals surface area contributed by atoms with E-state index in [4.69, 9.17) is 38.4 Å². The summed E-state index contributed by atoms with van der Waals surface area (Å²) in [6.07, 6.45) is 6.51. The van der Waals surface area contributed by atoms with E-state index < -0.39 is 16.1 Å². The quantitative estimate of drug-likeness (QED) is 0.297. The van der Waals surface area contributed by atoms with Crippen LogP contribution in [0.25, 0.3) is 22.2 Å². The number of nitrogens with two attached hydrogens (primary N) is 1. The van der Waals surface area contributed by atoms with E-state index in [0.29, 0.717) is 52.9 Å². The molecule has 0 unspecified atom stereocenters. The third-order valence-corrected chi connectivity index (χ3v) is 8.05. The van der Waals surface area contributed by atoms with Gasteiger partial charge in [0.1, 0.15) is 15.5 Å². The molecule has 3 N–H and O–H groups in total. The smallest absolute Gasteiger partial charge is 0.225 e. The van der Waals surface area contributed by atoms with Gasteiger partial charge in [-0.1, -0.05) is 30.1 Å². The van der Waals surface area contributed by atoms with Gasteiger partial charge in [0.25, 0.3) is 0 Å². The number of aromatic nitrogens is 5. The van der Waals surface area contributed by atoms with Crippen LogP contribution < -0.4 is 20.1 Å². The monoisotopic (exact) mass is 577 g/mol.